The van der Waals surface area contributed by atoms with Gasteiger partial charge in [-0.3, -0.25) is 0 Å². The van der Waals surface area contributed by atoms with Gasteiger partial charge in [0.15, 0.2) is 0 Å². The average Bonchev–Trinajstić information content (AvgIpc) is 2.87. The lowest BCUT2D eigenvalue weighted by atomic mass is 10.2. The molecule has 1 aliphatic heterocycles. The first-order chi connectivity index (χ1) is 12.2. The molecule has 1 heterocycles. The summed E-state index contributed by atoms with van der Waals surface area (Å²) in [5, 5.41) is 0.791. The molecule has 0 spiro atoms. The van der Waals surface area contributed by atoms with Crippen LogP contribution in [0.2, 0.25) is 5.02 Å². The molecular formula is C20H24ClFN2S. The van der Waals surface area contributed by atoms with Gasteiger partial charge >= 0.3 is 0 Å². The molecule has 2 aromatic carbocycles. The molecular weight excluding hydrogens is 355 g/mol. The van der Waals surface area contributed by atoms with E-state index in [1.165, 1.54) is 24.2 Å². The predicted molar refractivity (Wildman–Crippen MR) is 106 cm³/mol. The topological polar surface area (TPSA) is 6.48 Å². The van der Waals surface area contributed by atoms with Gasteiger partial charge in [0.05, 0.1) is 0 Å². The summed E-state index contributed by atoms with van der Waals surface area (Å²) in [7, 11) is 0. The van der Waals surface area contributed by atoms with Crippen LogP contribution in [0.15, 0.2) is 53.4 Å². The number of halogens is 2. The molecule has 3 rings (SSSR count). The van der Waals surface area contributed by atoms with E-state index in [0.717, 1.165) is 54.8 Å². The van der Waals surface area contributed by atoms with Crippen molar-refractivity contribution in [1.82, 2.24) is 4.90 Å². The Morgan fingerprint density at radius 1 is 0.920 bits per heavy atom. The largest absolute Gasteiger partial charge is 0.370 e. The third-order valence-electron chi connectivity index (χ3n) is 4.48. The Bertz CT molecular complexity index is 648. The molecule has 1 saturated heterocycles. The molecule has 0 N–H and O–H groups in total. The van der Waals surface area contributed by atoms with Crippen molar-refractivity contribution in [3.63, 3.8) is 0 Å². The summed E-state index contributed by atoms with van der Waals surface area (Å²) in [5.41, 5.74) is 1.26. The van der Waals surface area contributed by atoms with E-state index < -0.39 is 0 Å². The standard InChI is InChI=1S/C20H24ClFN2S/c21-17-3-7-19(8-4-17)24-13-1-11-23(14-15-24)12-2-16-25-20-9-5-18(22)6-10-20/h3-10H,1-2,11-16H2. The summed E-state index contributed by atoms with van der Waals surface area (Å²) >= 11 is 7.79. The molecule has 0 aromatic heterocycles. The fraction of sp³-hybridized carbons (Fsp3) is 0.400. The zero-order valence-corrected chi connectivity index (χ0v) is 15.9. The van der Waals surface area contributed by atoms with E-state index >= 15 is 0 Å². The lowest BCUT2D eigenvalue weighted by Gasteiger charge is -2.23. The molecule has 134 valence electrons. The summed E-state index contributed by atoms with van der Waals surface area (Å²) in [4.78, 5) is 6.15. The third kappa shape index (κ3) is 5.91. The molecule has 1 fully saturated rings. The van der Waals surface area contributed by atoms with Crippen LogP contribution in [0.25, 0.3) is 0 Å². The third-order valence-corrected chi connectivity index (χ3v) is 5.83. The summed E-state index contributed by atoms with van der Waals surface area (Å²) in [5.74, 6) is 0.905. The normalized spacial score (nSPS) is 16.0. The van der Waals surface area contributed by atoms with Gasteiger partial charge in [-0.25, -0.2) is 4.39 Å². The second-order valence-corrected chi connectivity index (χ2v) is 7.92. The van der Waals surface area contributed by atoms with Crippen LogP contribution in [0.1, 0.15) is 12.8 Å². The number of nitrogens with zero attached hydrogens (tertiary/aromatic N) is 2. The van der Waals surface area contributed by atoms with Crippen molar-refractivity contribution in [1.29, 1.82) is 0 Å². The van der Waals surface area contributed by atoms with Crippen molar-refractivity contribution in [3.8, 4) is 0 Å². The van der Waals surface area contributed by atoms with Crippen LogP contribution in [-0.2, 0) is 0 Å². The molecule has 0 radical (unpaired) electrons. The van der Waals surface area contributed by atoms with Crippen LogP contribution in [0.4, 0.5) is 10.1 Å². The lowest BCUT2D eigenvalue weighted by molar-refractivity contribution is 0.295. The van der Waals surface area contributed by atoms with Crippen molar-refractivity contribution < 1.29 is 4.39 Å². The van der Waals surface area contributed by atoms with Gasteiger partial charge in [-0.2, -0.15) is 0 Å². The summed E-state index contributed by atoms with van der Waals surface area (Å²) in [6.07, 6.45) is 2.34. The number of rotatable bonds is 6. The van der Waals surface area contributed by atoms with E-state index in [1.807, 2.05) is 24.3 Å². The predicted octanol–water partition coefficient (Wildman–Crippen LogP) is 5.17. The van der Waals surface area contributed by atoms with E-state index in [1.54, 1.807) is 11.8 Å². The Hall–Kier alpha value is -1.23. The van der Waals surface area contributed by atoms with Crippen LogP contribution < -0.4 is 4.90 Å². The van der Waals surface area contributed by atoms with Gasteiger partial charge in [0.25, 0.3) is 0 Å². The minimum Gasteiger partial charge on any atom is -0.370 e. The Morgan fingerprint density at radius 3 is 2.44 bits per heavy atom. The number of hydrogen-bond donors (Lipinski definition) is 0. The van der Waals surface area contributed by atoms with Crippen LogP contribution in [-0.4, -0.2) is 43.4 Å². The van der Waals surface area contributed by atoms with Gasteiger partial charge in [0.2, 0.25) is 0 Å². The molecule has 0 saturated carbocycles. The van der Waals surface area contributed by atoms with Gasteiger partial charge in [-0.05, 0) is 80.2 Å². The quantitative estimate of drug-likeness (QED) is 0.505. The maximum Gasteiger partial charge on any atom is 0.123 e. The van der Waals surface area contributed by atoms with Crippen molar-refractivity contribution in [3.05, 3.63) is 59.4 Å². The van der Waals surface area contributed by atoms with E-state index in [0.29, 0.717) is 0 Å². The van der Waals surface area contributed by atoms with Crippen molar-refractivity contribution in [2.45, 2.75) is 17.7 Å². The zero-order valence-electron chi connectivity index (χ0n) is 14.3. The highest BCUT2D eigenvalue weighted by Gasteiger charge is 2.14. The molecule has 0 aliphatic carbocycles. The number of benzene rings is 2. The van der Waals surface area contributed by atoms with Gasteiger partial charge in [-0.15, -0.1) is 11.8 Å². The monoisotopic (exact) mass is 378 g/mol. The van der Waals surface area contributed by atoms with Crippen molar-refractivity contribution in [2.24, 2.45) is 0 Å². The maximum atomic E-state index is 12.9. The highest BCUT2D eigenvalue weighted by molar-refractivity contribution is 7.99. The first-order valence-electron chi connectivity index (χ1n) is 8.82. The summed E-state index contributed by atoms with van der Waals surface area (Å²) in [6.45, 7) is 5.55. The molecule has 0 amide bonds. The van der Waals surface area contributed by atoms with Gasteiger partial charge < -0.3 is 9.80 Å². The van der Waals surface area contributed by atoms with Gasteiger partial charge in [-0.1, -0.05) is 11.6 Å². The van der Waals surface area contributed by atoms with Gasteiger partial charge in [0, 0.05) is 35.2 Å². The van der Waals surface area contributed by atoms with Crippen LogP contribution >= 0.6 is 23.4 Å². The second kappa shape index (κ2) is 9.46. The minimum absolute atomic E-state index is 0.167. The van der Waals surface area contributed by atoms with Crippen molar-refractivity contribution >= 4 is 29.1 Å². The smallest absolute Gasteiger partial charge is 0.123 e. The number of hydrogen-bond acceptors (Lipinski definition) is 3. The van der Waals surface area contributed by atoms with Gasteiger partial charge in [0.1, 0.15) is 5.82 Å². The Balaban J connectivity index is 1.39. The molecule has 0 unspecified atom stereocenters. The molecule has 0 bridgehead atoms. The van der Waals surface area contributed by atoms with Crippen LogP contribution in [0.3, 0.4) is 0 Å². The maximum absolute atomic E-state index is 12.9. The summed E-state index contributed by atoms with van der Waals surface area (Å²) < 4.78 is 12.9. The highest BCUT2D eigenvalue weighted by atomic mass is 35.5. The Morgan fingerprint density at radius 2 is 1.68 bits per heavy atom. The fourth-order valence-electron chi connectivity index (χ4n) is 3.11. The molecule has 2 aromatic rings. The zero-order chi connectivity index (χ0) is 17.5. The Kier molecular flexibility index (Phi) is 7.02. The van der Waals surface area contributed by atoms with Crippen LogP contribution in [0.5, 0.6) is 0 Å². The molecule has 1 aliphatic rings. The average molecular weight is 379 g/mol. The van der Waals surface area contributed by atoms with E-state index in [4.69, 9.17) is 11.6 Å². The lowest BCUT2D eigenvalue weighted by Crippen LogP contribution is -2.31. The first kappa shape index (κ1) is 18.6. The summed E-state index contributed by atoms with van der Waals surface area (Å²) in [6, 6.07) is 14.9. The fourth-order valence-corrected chi connectivity index (χ4v) is 4.08. The molecule has 25 heavy (non-hydrogen) atoms. The Labute approximate surface area is 159 Å². The van der Waals surface area contributed by atoms with Crippen molar-refractivity contribution in [2.75, 3.05) is 43.4 Å². The number of thioether (sulfide) groups is 1. The minimum atomic E-state index is -0.167. The van der Waals surface area contributed by atoms with Crippen LogP contribution in [0, 0.1) is 5.82 Å². The van der Waals surface area contributed by atoms with E-state index in [-0.39, 0.29) is 5.82 Å². The van der Waals surface area contributed by atoms with E-state index in [9.17, 15) is 4.39 Å². The number of anilines is 1. The SMILES string of the molecule is Fc1ccc(SCCCN2CCCN(c3ccc(Cl)cc3)CC2)cc1. The highest BCUT2D eigenvalue weighted by Crippen LogP contribution is 2.21. The van der Waals surface area contributed by atoms with E-state index in [2.05, 4.69) is 21.9 Å². The second-order valence-electron chi connectivity index (χ2n) is 6.31. The molecule has 2 nitrogen and oxygen atoms in total. The molecule has 5 heteroatoms. The molecule has 0 atom stereocenters. The first-order valence-corrected chi connectivity index (χ1v) is 10.2.